The summed E-state index contributed by atoms with van der Waals surface area (Å²) in [4.78, 5) is 35.3. The zero-order chi connectivity index (χ0) is 12.5. The number of imide groups is 1. The normalized spacial score (nSPS) is 22.8. The predicted molar refractivity (Wildman–Crippen MR) is 57.1 cm³/mol. The Hall–Kier alpha value is -1.43. The van der Waals surface area contributed by atoms with E-state index in [0.717, 1.165) is 4.90 Å². The number of nitrogens with two attached hydrogens (primary N) is 1. The molecule has 0 aromatic rings. The van der Waals surface area contributed by atoms with Crippen molar-refractivity contribution in [3.8, 4) is 0 Å². The van der Waals surface area contributed by atoms with Crippen LogP contribution in [0.15, 0.2) is 0 Å². The van der Waals surface area contributed by atoms with E-state index in [2.05, 4.69) is 5.32 Å². The molecule has 0 bridgehead atoms. The van der Waals surface area contributed by atoms with Gasteiger partial charge in [-0.2, -0.15) is 0 Å². The number of likely N-dealkylation sites (tertiary alicyclic amines) is 1. The summed E-state index contributed by atoms with van der Waals surface area (Å²) in [6.45, 7) is 3.63. The standard InChI is InChI=1S/C10H17N3O3/c1-5(2)8(11)9(15)12-6-4-7(14)13(3)10(6)16/h5-6,8H,4,11H2,1-3H3,(H,12,15)/t6?,8-/m1/s1. The monoisotopic (exact) mass is 227 g/mol. The lowest BCUT2D eigenvalue weighted by molar-refractivity contribution is -0.138. The zero-order valence-electron chi connectivity index (χ0n) is 9.69. The number of rotatable bonds is 3. The van der Waals surface area contributed by atoms with E-state index in [1.165, 1.54) is 7.05 Å². The van der Waals surface area contributed by atoms with Crippen LogP contribution in [0, 0.1) is 5.92 Å². The van der Waals surface area contributed by atoms with E-state index in [9.17, 15) is 14.4 Å². The zero-order valence-corrected chi connectivity index (χ0v) is 9.69. The summed E-state index contributed by atoms with van der Waals surface area (Å²) < 4.78 is 0. The highest BCUT2D eigenvalue weighted by molar-refractivity contribution is 6.06. The van der Waals surface area contributed by atoms with E-state index >= 15 is 0 Å². The number of amides is 3. The molecule has 1 unspecified atom stereocenters. The second kappa shape index (κ2) is 4.61. The van der Waals surface area contributed by atoms with Crippen LogP contribution in [-0.4, -0.2) is 41.8 Å². The first-order valence-electron chi connectivity index (χ1n) is 5.21. The molecule has 3 N–H and O–H groups in total. The van der Waals surface area contributed by atoms with Crippen LogP contribution in [0.3, 0.4) is 0 Å². The molecule has 1 aliphatic rings. The molecule has 0 aromatic carbocycles. The third-order valence-electron chi connectivity index (χ3n) is 2.72. The van der Waals surface area contributed by atoms with Crippen molar-refractivity contribution in [2.24, 2.45) is 11.7 Å². The Morgan fingerprint density at radius 3 is 2.44 bits per heavy atom. The molecule has 90 valence electrons. The van der Waals surface area contributed by atoms with Gasteiger partial charge in [-0.1, -0.05) is 13.8 Å². The van der Waals surface area contributed by atoms with Crippen LogP contribution >= 0.6 is 0 Å². The van der Waals surface area contributed by atoms with Crippen LogP contribution < -0.4 is 11.1 Å². The number of likely N-dealkylation sites (N-methyl/N-ethyl adjacent to an activating group) is 1. The van der Waals surface area contributed by atoms with Crippen molar-refractivity contribution in [2.75, 3.05) is 7.05 Å². The third kappa shape index (κ3) is 2.38. The molecule has 1 rings (SSSR count). The fraction of sp³-hybridized carbons (Fsp3) is 0.700. The fourth-order valence-electron chi connectivity index (χ4n) is 1.44. The molecule has 16 heavy (non-hydrogen) atoms. The summed E-state index contributed by atoms with van der Waals surface area (Å²) in [7, 11) is 1.40. The molecule has 1 saturated heterocycles. The lowest BCUT2D eigenvalue weighted by Gasteiger charge is -2.17. The van der Waals surface area contributed by atoms with Crippen molar-refractivity contribution in [1.29, 1.82) is 0 Å². The summed E-state index contributed by atoms with van der Waals surface area (Å²) in [6, 6.07) is -1.41. The molecule has 0 aliphatic carbocycles. The van der Waals surface area contributed by atoms with Crippen molar-refractivity contribution in [1.82, 2.24) is 10.2 Å². The molecule has 0 saturated carbocycles. The Balaban J connectivity index is 2.60. The number of carbonyl (C=O) groups is 3. The highest BCUT2D eigenvalue weighted by atomic mass is 16.2. The number of nitrogens with one attached hydrogen (secondary N) is 1. The molecule has 1 aliphatic heterocycles. The van der Waals surface area contributed by atoms with Crippen molar-refractivity contribution < 1.29 is 14.4 Å². The molecule has 0 aromatic heterocycles. The van der Waals surface area contributed by atoms with Gasteiger partial charge in [0.05, 0.1) is 12.5 Å². The Labute approximate surface area is 94.2 Å². The first kappa shape index (κ1) is 12.6. The minimum Gasteiger partial charge on any atom is -0.342 e. The lowest BCUT2D eigenvalue weighted by Crippen LogP contribution is -2.49. The van der Waals surface area contributed by atoms with E-state index in [4.69, 9.17) is 5.73 Å². The predicted octanol–water partition coefficient (Wildman–Crippen LogP) is -1.16. The third-order valence-corrected chi connectivity index (χ3v) is 2.72. The van der Waals surface area contributed by atoms with E-state index in [1.54, 1.807) is 0 Å². The van der Waals surface area contributed by atoms with Crippen LogP contribution in [0.4, 0.5) is 0 Å². The van der Waals surface area contributed by atoms with Crippen LogP contribution in [0.2, 0.25) is 0 Å². The quantitative estimate of drug-likeness (QED) is 0.595. The summed E-state index contributed by atoms with van der Waals surface area (Å²) >= 11 is 0. The van der Waals surface area contributed by atoms with E-state index in [0.29, 0.717) is 0 Å². The molecule has 0 spiro atoms. The molecule has 6 nitrogen and oxygen atoms in total. The summed E-state index contributed by atoms with van der Waals surface area (Å²) in [5, 5.41) is 2.49. The highest BCUT2D eigenvalue weighted by Gasteiger charge is 2.37. The maximum absolute atomic E-state index is 11.6. The second-order valence-corrected chi connectivity index (χ2v) is 4.33. The van der Waals surface area contributed by atoms with Gasteiger partial charge in [0.25, 0.3) is 5.91 Å². The Bertz CT molecular complexity index is 327. The van der Waals surface area contributed by atoms with E-state index < -0.39 is 18.0 Å². The Morgan fingerprint density at radius 2 is 2.06 bits per heavy atom. The molecule has 1 heterocycles. The number of carbonyl (C=O) groups excluding carboxylic acids is 3. The molecule has 0 radical (unpaired) electrons. The van der Waals surface area contributed by atoms with Gasteiger partial charge >= 0.3 is 0 Å². The topological polar surface area (TPSA) is 92.5 Å². The van der Waals surface area contributed by atoms with Crippen molar-refractivity contribution in [2.45, 2.75) is 32.4 Å². The Morgan fingerprint density at radius 1 is 1.50 bits per heavy atom. The van der Waals surface area contributed by atoms with Crippen molar-refractivity contribution in [3.63, 3.8) is 0 Å². The number of hydrogen-bond acceptors (Lipinski definition) is 4. The molecule has 2 atom stereocenters. The SMILES string of the molecule is CC(C)[C@@H](N)C(=O)NC1CC(=O)N(C)C1=O. The van der Waals surface area contributed by atoms with Gasteiger partial charge < -0.3 is 11.1 Å². The van der Waals surface area contributed by atoms with Gasteiger partial charge in [-0.05, 0) is 5.92 Å². The first-order valence-corrected chi connectivity index (χ1v) is 5.21. The average molecular weight is 227 g/mol. The second-order valence-electron chi connectivity index (χ2n) is 4.33. The molecule has 3 amide bonds. The molecule has 1 fully saturated rings. The summed E-state index contributed by atoms with van der Waals surface area (Å²) in [5.41, 5.74) is 5.63. The minimum absolute atomic E-state index is 0.00932. The minimum atomic E-state index is -0.755. The van der Waals surface area contributed by atoms with Crippen molar-refractivity contribution in [3.05, 3.63) is 0 Å². The van der Waals surface area contributed by atoms with Gasteiger partial charge in [0.2, 0.25) is 11.8 Å². The van der Waals surface area contributed by atoms with Crippen molar-refractivity contribution >= 4 is 17.7 Å². The molecular weight excluding hydrogens is 210 g/mol. The average Bonchev–Trinajstić information content (AvgIpc) is 2.45. The number of nitrogens with zero attached hydrogens (tertiary/aromatic N) is 1. The van der Waals surface area contributed by atoms with Gasteiger partial charge in [-0.3, -0.25) is 19.3 Å². The number of hydrogen-bond donors (Lipinski definition) is 2. The smallest absolute Gasteiger partial charge is 0.252 e. The maximum Gasteiger partial charge on any atom is 0.252 e. The van der Waals surface area contributed by atoms with Gasteiger partial charge in [-0.15, -0.1) is 0 Å². The van der Waals surface area contributed by atoms with E-state index in [1.807, 2.05) is 13.8 Å². The first-order chi connectivity index (χ1) is 7.34. The Kier molecular flexibility index (Phi) is 3.64. The van der Waals surface area contributed by atoms with Gasteiger partial charge in [-0.25, -0.2) is 0 Å². The van der Waals surface area contributed by atoms with Crippen LogP contribution in [-0.2, 0) is 14.4 Å². The van der Waals surface area contributed by atoms with Crippen LogP contribution in [0.1, 0.15) is 20.3 Å². The maximum atomic E-state index is 11.6. The highest BCUT2D eigenvalue weighted by Crippen LogP contribution is 2.11. The van der Waals surface area contributed by atoms with Gasteiger partial charge in [0.1, 0.15) is 6.04 Å². The lowest BCUT2D eigenvalue weighted by atomic mass is 10.0. The van der Waals surface area contributed by atoms with E-state index in [-0.39, 0.29) is 24.2 Å². The van der Waals surface area contributed by atoms with Gasteiger partial charge in [0, 0.05) is 7.05 Å². The molecule has 6 heteroatoms. The largest absolute Gasteiger partial charge is 0.342 e. The summed E-state index contributed by atoms with van der Waals surface area (Å²) in [5.74, 6) is -1.07. The summed E-state index contributed by atoms with van der Waals surface area (Å²) in [6.07, 6.45) is 0.0197. The van der Waals surface area contributed by atoms with Gasteiger partial charge in [0.15, 0.2) is 0 Å². The molecular formula is C10H17N3O3. The van der Waals surface area contributed by atoms with Crippen LogP contribution in [0.25, 0.3) is 0 Å². The fourth-order valence-corrected chi connectivity index (χ4v) is 1.44. The van der Waals surface area contributed by atoms with Crippen LogP contribution in [0.5, 0.6) is 0 Å².